The molecule has 0 aliphatic heterocycles. The van der Waals surface area contributed by atoms with Crippen LogP contribution < -0.4 is 0 Å². The molecule has 0 heterocycles. The fourth-order valence-electron chi connectivity index (χ4n) is 1.46. The Kier molecular flexibility index (Phi) is 6.02. The molecule has 0 fully saturated rings. The Hall–Kier alpha value is -0.410. The molecule has 1 aromatic rings. The molecular formula is C11H14Cl2FNO4S2. The van der Waals surface area contributed by atoms with Crippen molar-refractivity contribution in [3.05, 3.63) is 28.5 Å². The minimum absolute atomic E-state index is 0.147. The zero-order chi connectivity index (χ0) is 16.4. The van der Waals surface area contributed by atoms with Crippen molar-refractivity contribution in [1.82, 2.24) is 4.31 Å². The number of nitrogens with zero attached hydrogens (tertiary/aromatic N) is 1. The molecule has 0 unspecified atom stereocenters. The highest BCUT2D eigenvalue weighted by Gasteiger charge is 2.24. The molecule has 0 spiro atoms. The lowest BCUT2D eigenvalue weighted by Gasteiger charge is -2.17. The summed E-state index contributed by atoms with van der Waals surface area (Å²) in [6, 6.07) is 1.95. The monoisotopic (exact) mass is 377 g/mol. The summed E-state index contributed by atoms with van der Waals surface area (Å²) in [5, 5.41) is -0.234. The first-order chi connectivity index (χ1) is 9.49. The van der Waals surface area contributed by atoms with Crippen LogP contribution in [0.2, 0.25) is 5.02 Å². The smallest absolute Gasteiger partial charge is 0.229 e. The molecule has 120 valence electrons. The lowest BCUT2D eigenvalue weighted by molar-refractivity contribution is 0.483. The minimum Gasteiger partial charge on any atom is -0.229 e. The Morgan fingerprint density at radius 2 is 1.81 bits per heavy atom. The second-order valence-corrected chi connectivity index (χ2v) is 9.42. The number of rotatable bonds is 6. The Bertz CT molecular complexity index is 735. The lowest BCUT2D eigenvalue weighted by atomic mass is 10.2. The van der Waals surface area contributed by atoms with Crippen molar-refractivity contribution in [3.63, 3.8) is 0 Å². The van der Waals surface area contributed by atoms with E-state index in [1.807, 2.05) is 0 Å². The van der Waals surface area contributed by atoms with Gasteiger partial charge in [0.05, 0.1) is 15.7 Å². The largest absolute Gasteiger partial charge is 0.242 e. The summed E-state index contributed by atoms with van der Waals surface area (Å²) in [6.07, 6.45) is 1.00. The number of halogens is 3. The van der Waals surface area contributed by atoms with Gasteiger partial charge in [-0.2, -0.15) is 4.31 Å². The number of hydrogen-bond acceptors (Lipinski definition) is 4. The van der Waals surface area contributed by atoms with Crippen molar-refractivity contribution in [3.8, 4) is 0 Å². The van der Waals surface area contributed by atoms with Crippen molar-refractivity contribution >= 4 is 43.1 Å². The molecule has 0 bridgehead atoms. The van der Waals surface area contributed by atoms with E-state index in [2.05, 4.69) is 0 Å². The first-order valence-electron chi connectivity index (χ1n) is 5.67. The fourth-order valence-corrected chi connectivity index (χ4v) is 3.87. The van der Waals surface area contributed by atoms with E-state index in [1.54, 1.807) is 0 Å². The zero-order valence-electron chi connectivity index (χ0n) is 11.3. The molecule has 21 heavy (non-hydrogen) atoms. The standard InChI is InChI=1S/C11H14Cl2FNO4S2/c1-15(3-4-20(2,16)17)21(18,19)9-5-8(7-12)11(13)10(14)6-9/h5-6H,3-4,7H2,1-2H3. The highest BCUT2D eigenvalue weighted by atomic mass is 35.5. The van der Waals surface area contributed by atoms with Gasteiger partial charge in [-0.1, -0.05) is 11.6 Å². The summed E-state index contributed by atoms with van der Waals surface area (Å²) < 4.78 is 61.2. The summed E-state index contributed by atoms with van der Waals surface area (Å²) in [6.45, 7) is -0.235. The molecule has 0 amide bonds. The number of sulfone groups is 1. The van der Waals surface area contributed by atoms with E-state index in [9.17, 15) is 21.2 Å². The molecule has 1 aromatic carbocycles. The van der Waals surface area contributed by atoms with Gasteiger partial charge < -0.3 is 0 Å². The molecule has 0 saturated carbocycles. The Labute approximate surface area is 133 Å². The van der Waals surface area contributed by atoms with Gasteiger partial charge in [0, 0.05) is 25.7 Å². The molecule has 0 N–H and O–H groups in total. The molecule has 10 heteroatoms. The van der Waals surface area contributed by atoms with Crippen molar-refractivity contribution in [2.45, 2.75) is 10.8 Å². The van der Waals surface area contributed by atoms with Gasteiger partial charge in [0.1, 0.15) is 15.7 Å². The number of alkyl halides is 1. The fraction of sp³-hybridized carbons (Fsp3) is 0.455. The van der Waals surface area contributed by atoms with E-state index < -0.39 is 25.7 Å². The Balaban J connectivity index is 3.16. The first kappa shape index (κ1) is 18.6. The molecule has 0 aliphatic carbocycles. The normalized spacial score (nSPS) is 12.9. The number of sulfonamides is 1. The third-order valence-corrected chi connectivity index (χ3v) is 6.18. The average molecular weight is 378 g/mol. The van der Waals surface area contributed by atoms with Crippen LogP contribution in [0, 0.1) is 5.82 Å². The maximum absolute atomic E-state index is 13.6. The lowest BCUT2D eigenvalue weighted by Crippen LogP contribution is -2.31. The summed E-state index contributed by atoms with van der Waals surface area (Å²) in [4.78, 5) is -0.323. The van der Waals surface area contributed by atoms with Gasteiger partial charge in [0.2, 0.25) is 10.0 Å². The SMILES string of the molecule is CN(CCS(C)(=O)=O)S(=O)(=O)c1cc(F)c(Cl)c(CCl)c1. The van der Waals surface area contributed by atoms with Crippen LogP contribution in [0.5, 0.6) is 0 Å². The molecule has 0 saturated heterocycles. The van der Waals surface area contributed by atoms with Gasteiger partial charge in [-0.25, -0.2) is 21.2 Å². The van der Waals surface area contributed by atoms with E-state index in [4.69, 9.17) is 23.2 Å². The predicted octanol–water partition coefficient (Wildman–Crippen LogP) is 1.88. The number of benzene rings is 1. The number of hydrogen-bond donors (Lipinski definition) is 0. The van der Waals surface area contributed by atoms with Gasteiger partial charge in [-0.05, 0) is 17.7 Å². The molecule has 0 aliphatic rings. The van der Waals surface area contributed by atoms with Crippen molar-refractivity contribution < 1.29 is 21.2 Å². The van der Waals surface area contributed by atoms with E-state index >= 15 is 0 Å². The van der Waals surface area contributed by atoms with Gasteiger partial charge in [-0.3, -0.25) is 0 Å². The van der Waals surface area contributed by atoms with E-state index in [-0.39, 0.29) is 33.7 Å². The van der Waals surface area contributed by atoms with Crippen LogP contribution in [0.3, 0.4) is 0 Å². The van der Waals surface area contributed by atoms with Crippen LogP contribution in [-0.2, 0) is 25.7 Å². The van der Waals surface area contributed by atoms with Crippen LogP contribution in [0.15, 0.2) is 17.0 Å². The highest BCUT2D eigenvalue weighted by Crippen LogP contribution is 2.27. The Morgan fingerprint density at radius 1 is 1.24 bits per heavy atom. The van der Waals surface area contributed by atoms with Crippen molar-refractivity contribution in [2.24, 2.45) is 0 Å². The van der Waals surface area contributed by atoms with E-state index in [1.165, 1.54) is 13.1 Å². The van der Waals surface area contributed by atoms with Crippen LogP contribution in [0.4, 0.5) is 4.39 Å². The third kappa shape index (κ3) is 4.79. The third-order valence-electron chi connectivity index (χ3n) is 2.71. The summed E-state index contributed by atoms with van der Waals surface area (Å²) in [7, 11) is -6.12. The second-order valence-electron chi connectivity index (χ2n) is 4.47. The van der Waals surface area contributed by atoms with Gasteiger partial charge in [0.15, 0.2) is 0 Å². The second kappa shape index (κ2) is 6.78. The van der Waals surface area contributed by atoms with Crippen LogP contribution in [-0.4, -0.2) is 46.7 Å². The zero-order valence-corrected chi connectivity index (χ0v) is 14.5. The molecule has 0 radical (unpaired) electrons. The van der Waals surface area contributed by atoms with Crippen LogP contribution >= 0.6 is 23.2 Å². The minimum atomic E-state index is -4.02. The first-order valence-corrected chi connectivity index (χ1v) is 10.1. The van der Waals surface area contributed by atoms with Gasteiger partial charge in [-0.15, -0.1) is 11.6 Å². The van der Waals surface area contributed by atoms with Crippen molar-refractivity contribution in [1.29, 1.82) is 0 Å². The quantitative estimate of drug-likeness (QED) is 0.709. The summed E-state index contributed by atoms with van der Waals surface area (Å²) >= 11 is 11.3. The Morgan fingerprint density at radius 3 is 2.29 bits per heavy atom. The topological polar surface area (TPSA) is 71.5 Å². The molecule has 0 atom stereocenters. The van der Waals surface area contributed by atoms with Gasteiger partial charge >= 0.3 is 0 Å². The summed E-state index contributed by atoms with van der Waals surface area (Å²) in [5.41, 5.74) is 0.147. The molecule has 0 aromatic heterocycles. The maximum Gasteiger partial charge on any atom is 0.242 e. The predicted molar refractivity (Wildman–Crippen MR) is 80.5 cm³/mol. The van der Waals surface area contributed by atoms with E-state index in [0.29, 0.717) is 0 Å². The average Bonchev–Trinajstić information content (AvgIpc) is 2.37. The molecular weight excluding hydrogens is 364 g/mol. The van der Waals surface area contributed by atoms with Gasteiger partial charge in [0.25, 0.3) is 0 Å². The van der Waals surface area contributed by atoms with Crippen LogP contribution in [0.25, 0.3) is 0 Å². The van der Waals surface area contributed by atoms with Crippen LogP contribution in [0.1, 0.15) is 5.56 Å². The highest BCUT2D eigenvalue weighted by molar-refractivity contribution is 7.91. The van der Waals surface area contributed by atoms with E-state index in [0.717, 1.165) is 16.6 Å². The molecule has 5 nitrogen and oxygen atoms in total. The maximum atomic E-state index is 13.6. The van der Waals surface area contributed by atoms with Crippen molar-refractivity contribution in [2.75, 3.05) is 25.6 Å². The summed E-state index contributed by atoms with van der Waals surface area (Å²) in [5.74, 6) is -1.38. The molecule has 1 rings (SSSR count).